The van der Waals surface area contributed by atoms with Crippen molar-refractivity contribution in [2.24, 2.45) is 0 Å². The van der Waals surface area contributed by atoms with E-state index in [1.54, 1.807) is 0 Å². The van der Waals surface area contributed by atoms with Crippen LogP contribution in [-0.4, -0.2) is 44.9 Å². The van der Waals surface area contributed by atoms with Crippen LogP contribution in [0.5, 0.6) is 0 Å². The molecule has 0 aliphatic carbocycles. The van der Waals surface area contributed by atoms with E-state index in [2.05, 4.69) is 72.5 Å². The molecule has 2 heterocycles. The normalized spacial score (nSPS) is 24.8. The van der Waals surface area contributed by atoms with E-state index in [0.717, 1.165) is 23.9 Å². The Hall–Kier alpha value is -0.130. The molecule has 1 aromatic rings. The van der Waals surface area contributed by atoms with Gasteiger partial charge in [0.2, 0.25) is 0 Å². The molecule has 0 amide bonds. The van der Waals surface area contributed by atoms with E-state index in [1.807, 2.05) is 0 Å². The van der Waals surface area contributed by atoms with Crippen LogP contribution in [-0.2, 0) is 13.0 Å². The number of aryl methyl sites for hydroxylation is 2. The van der Waals surface area contributed by atoms with Gasteiger partial charge in [0.05, 0.1) is 5.69 Å². The number of nitrogens with zero attached hydrogens (tertiary/aromatic N) is 2. The van der Waals surface area contributed by atoms with Crippen molar-refractivity contribution < 1.29 is 0 Å². The van der Waals surface area contributed by atoms with Crippen molar-refractivity contribution in [1.29, 1.82) is 0 Å². The van der Waals surface area contributed by atoms with Crippen molar-refractivity contribution >= 4 is 23.5 Å². The third kappa shape index (κ3) is 3.74. The van der Waals surface area contributed by atoms with Gasteiger partial charge in [0.1, 0.15) is 0 Å². The maximum absolute atomic E-state index is 4.58. The standard InChI is InChI=1S/C15H27N3S2/c1-5-14-15(20-8-7-19-14)13(16-4)10-12-9-11(3)17-18(12)6-2/h9,13-16H,5-8,10H2,1-4H3. The van der Waals surface area contributed by atoms with Crippen molar-refractivity contribution in [2.75, 3.05) is 18.6 Å². The number of aromatic nitrogens is 2. The third-order valence-corrected chi connectivity index (χ3v) is 7.38. The molecule has 3 unspecified atom stereocenters. The third-order valence-electron chi connectivity index (χ3n) is 3.98. The summed E-state index contributed by atoms with van der Waals surface area (Å²) in [6.45, 7) is 7.54. The second-order valence-electron chi connectivity index (χ2n) is 5.35. The number of thioether (sulfide) groups is 2. The van der Waals surface area contributed by atoms with Crippen molar-refractivity contribution in [3.8, 4) is 0 Å². The van der Waals surface area contributed by atoms with Gasteiger partial charge in [-0.3, -0.25) is 4.68 Å². The molecule has 5 heteroatoms. The van der Waals surface area contributed by atoms with Crippen LogP contribution in [0.3, 0.4) is 0 Å². The highest BCUT2D eigenvalue weighted by molar-refractivity contribution is 8.07. The Morgan fingerprint density at radius 1 is 1.40 bits per heavy atom. The van der Waals surface area contributed by atoms with E-state index in [4.69, 9.17) is 0 Å². The Morgan fingerprint density at radius 2 is 2.15 bits per heavy atom. The summed E-state index contributed by atoms with van der Waals surface area (Å²) in [5.74, 6) is 2.60. The van der Waals surface area contributed by atoms with Crippen LogP contribution in [0.1, 0.15) is 31.7 Å². The van der Waals surface area contributed by atoms with Crippen molar-refractivity contribution in [1.82, 2.24) is 15.1 Å². The van der Waals surface area contributed by atoms with Crippen LogP contribution in [0.4, 0.5) is 0 Å². The van der Waals surface area contributed by atoms with Gasteiger partial charge in [-0.15, -0.1) is 0 Å². The molecule has 1 saturated heterocycles. The summed E-state index contributed by atoms with van der Waals surface area (Å²) >= 11 is 4.31. The van der Waals surface area contributed by atoms with Crippen LogP contribution >= 0.6 is 23.5 Å². The van der Waals surface area contributed by atoms with Crippen molar-refractivity contribution in [3.05, 3.63) is 17.5 Å². The summed E-state index contributed by atoms with van der Waals surface area (Å²) in [4.78, 5) is 0. The van der Waals surface area contributed by atoms with E-state index in [-0.39, 0.29) is 0 Å². The zero-order chi connectivity index (χ0) is 14.5. The average molecular weight is 314 g/mol. The van der Waals surface area contributed by atoms with E-state index in [9.17, 15) is 0 Å². The largest absolute Gasteiger partial charge is 0.315 e. The Bertz CT molecular complexity index is 419. The fraction of sp³-hybridized carbons (Fsp3) is 0.800. The lowest BCUT2D eigenvalue weighted by Crippen LogP contribution is -2.45. The van der Waals surface area contributed by atoms with Crippen LogP contribution in [0.15, 0.2) is 6.07 Å². The molecule has 1 aliphatic heterocycles. The first-order valence-electron chi connectivity index (χ1n) is 7.63. The van der Waals surface area contributed by atoms with E-state index >= 15 is 0 Å². The van der Waals surface area contributed by atoms with Crippen LogP contribution in [0.25, 0.3) is 0 Å². The average Bonchev–Trinajstić information content (AvgIpc) is 2.84. The molecule has 20 heavy (non-hydrogen) atoms. The fourth-order valence-corrected chi connectivity index (χ4v) is 6.26. The first-order valence-corrected chi connectivity index (χ1v) is 9.73. The summed E-state index contributed by atoms with van der Waals surface area (Å²) in [6, 6.07) is 2.79. The molecular formula is C15H27N3S2. The highest BCUT2D eigenvalue weighted by Crippen LogP contribution is 2.35. The van der Waals surface area contributed by atoms with Crippen LogP contribution < -0.4 is 5.32 Å². The fourth-order valence-electron chi connectivity index (χ4n) is 2.96. The van der Waals surface area contributed by atoms with Gasteiger partial charge in [-0.1, -0.05) is 6.92 Å². The Morgan fingerprint density at radius 3 is 2.80 bits per heavy atom. The lowest BCUT2D eigenvalue weighted by Gasteiger charge is -2.36. The lowest BCUT2D eigenvalue weighted by molar-refractivity contribution is 0.493. The number of rotatable bonds is 6. The molecule has 0 spiro atoms. The van der Waals surface area contributed by atoms with Gasteiger partial charge in [0.25, 0.3) is 0 Å². The van der Waals surface area contributed by atoms with Gasteiger partial charge in [-0.25, -0.2) is 0 Å². The lowest BCUT2D eigenvalue weighted by atomic mass is 10.0. The second kappa shape index (κ2) is 7.76. The minimum Gasteiger partial charge on any atom is -0.315 e. The van der Waals surface area contributed by atoms with Gasteiger partial charge < -0.3 is 5.32 Å². The first-order chi connectivity index (χ1) is 9.69. The van der Waals surface area contributed by atoms with Gasteiger partial charge in [0, 0.05) is 46.7 Å². The predicted octanol–water partition coefficient (Wildman–Crippen LogP) is 2.97. The van der Waals surface area contributed by atoms with E-state index in [1.165, 1.54) is 23.6 Å². The molecule has 0 bridgehead atoms. The molecular weight excluding hydrogens is 286 g/mol. The molecule has 3 atom stereocenters. The molecule has 1 fully saturated rings. The summed E-state index contributed by atoms with van der Waals surface area (Å²) in [7, 11) is 2.11. The number of nitrogens with one attached hydrogen (secondary N) is 1. The molecule has 1 aromatic heterocycles. The highest BCUT2D eigenvalue weighted by atomic mass is 32.2. The second-order valence-corrected chi connectivity index (χ2v) is 7.98. The smallest absolute Gasteiger partial charge is 0.0596 e. The SMILES string of the molecule is CCC1SCCSC1C(Cc1cc(C)nn1CC)NC. The van der Waals surface area contributed by atoms with Crippen molar-refractivity contribution in [2.45, 2.75) is 56.7 Å². The van der Waals surface area contributed by atoms with Gasteiger partial charge in [-0.05, 0) is 33.4 Å². The highest BCUT2D eigenvalue weighted by Gasteiger charge is 2.31. The monoisotopic (exact) mass is 313 g/mol. The summed E-state index contributed by atoms with van der Waals surface area (Å²) in [5, 5.41) is 9.64. The molecule has 2 rings (SSSR count). The summed E-state index contributed by atoms with van der Waals surface area (Å²) < 4.78 is 2.15. The van der Waals surface area contributed by atoms with E-state index in [0.29, 0.717) is 11.3 Å². The maximum atomic E-state index is 4.58. The molecule has 3 nitrogen and oxygen atoms in total. The zero-order valence-electron chi connectivity index (χ0n) is 13.1. The molecule has 0 saturated carbocycles. The van der Waals surface area contributed by atoms with E-state index < -0.39 is 0 Å². The molecule has 0 aromatic carbocycles. The predicted molar refractivity (Wildman–Crippen MR) is 92.0 cm³/mol. The van der Waals surface area contributed by atoms with Gasteiger partial charge in [-0.2, -0.15) is 28.6 Å². The molecule has 1 N–H and O–H groups in total. The van der Waals surface area contributed by atoms with Gasteiger partial charge in [0.15, 0.2) is 0 Å². The Kier molecular flexibility index (Phi) is 6.30. The molecule has 0 radical (unpaired) electrons. The summed E-state index contributed by atoms with van der Waals surface area (Å²) in [6.07, 6.45) is 2.35. The zero-order valence-corrected chi connectivity index (χ0v) is 14.7. The Balaban J connectivity index is 2.11. The van der Waals surface area contributed by atoms with Gasteiger partial charge >= 0.3 is 0 Å². The Labute approximate surface area is 131 Å². The quantitative estimate of drug-likeness (QED) is 0.874. The maximum Gasteiger partial charge on any atom is 0.0596 e. The topological polar surface area (TPSA) is 29.9 Å². The molecule has 114 valence electrons. The molecule has 1 aliphatic rings. The van der Waals surface area contributed by atoms with Crippen LogP contribution in [0.2, 0.25) is 0 Å². The minimum atomic E-state index is 0.541. The van der Waals surface area contributed by atoms with Crippen molar-refractivity contribution in [3.63, 3.8) is 0 Å². The van der Waals surface area contributed by atoms with Crippen LogP contribution in [0, 0.1) is 6.92 Å². The number of hydrogen-bond acceptors (Lipinski definition) is 4. The summed E-state index contributed by atoms with van der Waals surface area (Å²) in [5.41, 5.74) is 2.50. The number of hydrogen-bond donors (Lipinski definition) is 1. The number of likely N-dealkylation sites (N-methyl/N-ethyl adjacent to an activating group) is 1. The minimum absolute atomic E-state index is 0.541. The first kappa shape index (κ1) is 16.2.